The summed E-state index contributed by atoms with van der Waals surface area (Å²) in [6, 6.07) is 2.82. The zero-order valence-electron chi connectivity index (χ0n) is 17.7. The van der Waals surface area contributed by atoms with Gasteiger partial charge in [-0.3, -0.25) is 0 Å². The molecule has 10 heteroatoms. The predicted molar refractivity (Wildman–Crippen MR) is 102 cm³/mol. The zero-order valence-corrected chi connectivity index (χ0v) is 17.7. The number of hydrogen-bond donors (Lipinski definition) is 1. The molecule has 2 atom stereocenters. The Morgan fingerprint density at radius 2 is 1.77 bits per heavy atom. The largest absolute Gasteiger partial charge is 0.465 e. The topological polar surface area (TPSA) is 83.1 Å². The van der Waals surface area contributed by atoms with Gasteiger partial charge in [-0.15, -0.1) is 0 Å². The van der Waals surface area contributed by atoms with Gasteiger partial charge in [0.05, 0.1) is 37.5 Å². The molecule has 2 aliphatic rings. The number of amides is 1. The van der Waals surface area contributed by atoms with Gasteiger partial charge >= 0.3 is 18.2 Å². The van der Waals surface area contributed by atoms with Crippen LogP contribution in [-0.2, 0) is 25.1 Å². The van der Waals surface area contributed by atoms with Gasteiger partial charge in [0.1, 0.15) is 5.60 Å². The van der Waals surface area contributed by atoms with Crippen molar-refractivity contribution < 1.29 is 41.7 Å². The van der Waals surface area contributed by atoms with Crippen LogP contribution in [0.3, 0.4) is 0 Å². The molecule has 7 nitrogen and oxygen atoms in total. The lowest BCUT2D eigenvalue weighted by Crippen LogP contribution is -2.48. The molecule has 172 valence electrons. The number of rotatable bonds is 4. The van der Waals surface area contributed by atoms with E-state index in [4.69, 9.17) is 14.2 Å². The minimum atomic E-state index is -4.55. The minimum absolute atomic E-state index is 0.0293. The molecule has 3 rings (SSSR count). The summed E-state index contributed by atoms with van der Waals surface area (Å²) in [7, 11) is 1.17. The summed E-state index contributed by atoms with van der Waals surface area (Å²) in [4.78, 5) is 23.6. The van der Waals surface area contributed by atoms with Crippen LogP contribution in [0.5, 0.6) is 0 Å². The second kappa shape index (κ2) is 8.66. The van der Waals surface area contributed by atoms with E-state index in [0.717, 1.165) is 12.1 Å². The van der Waals surface area contributed by atoms with E-state index in [1.807, 2.05) is 0 Å². The highest BCUT2D eigenvalue weighted by Gasteiger charge is 2.50. The summed E-state index contributed by atoms with van der Waals surface area (Å²) >= 11 is 0. The molecule has 0 spiro atoms. The highest BCUT2D eigenvalue weighted by molar-refractivity contribution is 5.89. The minimum Gasteiger partial charge on any atom is -0.465 e. The van der Waals surface area contributed by atoms with Crippen molar-refractivity contribution in [3.8, 4) is 0 Å². The Bertz CT molecular complexity index is 827. The molecular weight excluding hydrogens is 419 g/mol. The molecule has 1 saturated carbocycles. The molecule has 1 saturated heterocycles. The first-order valence-corrected chi connectivity index (χ1v) is 9.91. The molecule has 0 aromatic heterocycles. The van der Waals surface area contributed by atoms with Crippen LogP contribution in [0.15, 0.2) is 18.2 Å². The SMILES string of the molecule is COC(=O)c1ccc(C(F)(F)F)c(C2CC2C2OCC(NC(=O)OC(C)(C)C)CO2)c1. The molecule has 31 heavy (non-hydrogen) atoms. The maximum Gasteiger partial charge on any atom is 0.416 e. The van der Waals surface area contributed by atoms with E-state index >= 15 is 0 Å². The van der Waals surface area contributed by atoms with E-state index in [9.17, 15) is 22.8 Å². The second-order valence-corrected chi connectivity index (χ2v) is 8.68. The molecule has 1 N–H and O–H groups in total. The molecule has 1 aliphatic heterocycles. The first-order valence-electron chi connectivity index (χ1n) is 9.91. The number of alkyl carbamates (subject to hydrolysis) is 1. The van der Waals surface area contributed by atoms with E-state index in [-0.39, 0.29) is 30.3 Å². The van der Waals surface area contributed by atoms with Crippen LogP contribution in [0, 0.1) is 5.92 Å². The van der Waals surface area contributed by atoms with Crippen molar-refractivity contribution in [1.29, 1.82) is 0 Å². The fourth-order valence-electron chi connectivity index (χ4n) is 3.57. The lowest BCUT2D eigenvalue weighted by molar-refractivity contribution is -0.199. The highest BCUT2D eigenvalue weighted by atomic mass is 19.4. The van der Waals surface area contributed by atoms with Crippen molar-refractivity contribution in [3.05, 3.63) is 34.9 Å². The fourth-order valence-corrected chi connectivity index (χ4v) is 3.57. The number of carbonyl (C=O) groups excluding carboxylic acids is 2. The lowest BCUT2D eigenvalue weighted by atomic mass is 9.98. The van der Waals surface area contributed by atoms with Gasteiger partial charge in [-0.2, -0.15) is 13.2 Å². The fraction of sp³-hybridized carbons (Fsp3) is 0.619. The summed E-state index contributed by atoms with van der Waals surface area (Å²) in [5.74, 6) is -1.44. The molecular formula is C21H26F3NO6. The molecule has 0 bridgehead atoms. The Balaban J connectivity index is 1.63. The quantitative estimate of drug-likeness (QED) is 0.709. The Hall–Kier alpha value is -2.33. The van der Waals surface area contributed by atoms with Crippen molar-refractivity contribution >= 4 is 12.1 Å². The molecule has 2 fully saturated rings. The van der Waals surface area contributed by atoms with Crippen LogP contribution in [-0.4, -0.2) is 50.3 Å². The zero-order chi connectivity index (χ0) is 23.0. The summed E-state index contributed by atoms with van der Waals surface area (Å²) in [6.45, 7) is 5.54. The monoisotopic (exact) mass is 445 g/mol. The maximum atomic E-state index is 13.5. The van der Waals surface area contributed by atoms with Gasteiger partial charge in [-0.05, 0) is 56.9 Å². The van der Waals surface area contributed by atoms with Gasteiger partial charge in [0.25, 0.3) is 0 Å². The first-order chi connectivity index (χ1) is 14.4. The summed E-state index contributed by atoms with van der Waals surface area (Å²) in [5.41, 5.74) is -1.34. The van der Waals surface area contributed by atoms with Crippen molar-refractivity contribution in [1.82, 2.24) is 5.32 Å². The summed E-state index contributed by atoms with van der Waals surface area (Å²) in [6.07, 6.45) is -5.40. The van der Waals surface area contributed by atoms with Gasteiger partial charge in [-0.25, -0.2) is 9.59 Å². The molecule has 1 amide bonds. The number of benzene rings is 1. The predicted octanol–water partition coefficient (Wildman–Crippen LogP) is 3.86. The van der Waals surface area contributed by atoms with Gasteiger partial charge in [-0.1, -0.05) is 0 Å². The van der Waals surface area contributed by atoms with Gasteiger partial charge in [0.2, 0.25) is 0 Å². The van der Waals surface area contributed by atoms with Crippen LogP contribution in [0.25, 0.3) is 0 Å². The standard InChI is InChI=1S/C21H26F3NO6/c1-20(2,3)31-19(27)25-12-9-29-18(30-10-12)15-8-13(15)14-7-11(17(26)28-4)5-6-16(14)21(22,23)24/h5-7,12-13,15,18H,8-10H2,1-4H3,(H,25,27). The molecule has 1 aromatic carbocycles. The molecule has 2 unspecified atom stereocenters. The molecule has 1 heterocycles. The van der Waals surface area contributed by atoms with Crippen LogP contribution in [0.1, 0.15) is 54.6 Å². The van der Waals surface area contributed by atoms with Crippen LogP contribution in [0.2, 0.25) is 0 Å². The highest BCUT2D eigenvalue weighted by Crippen LogP contribution is 2.54. The number of nitrogens with one attached hydrogen (secondary N) is 1. The van der Waals surface area contributed by atoms with E-state index in [1.54, 1.807) is 20.8 Å². The van der Waals surface area contributed by atoms with Crippen molar-refractivity contribution in [2.45, 2.75) is 57.2 Å². The summed E-state index contributed by atoms with van der Waals surface area (Å²) < 4.78 is 61.6. The van der Waals surface area contributed by atoms with E-state index in [0.29, 0.717) is 6.42 Å². The number of esters is 1. The van der Waals surface area contributed by atoms with Crippen LogP contribution >= 0.6 is 0 Å². The third kappa shape index (κ3) is 5.88. The van der Waals surface area contributed by atoms with Gasteiger partial charge in [0, 0.05) is 5.92 Å². The first kappa shape index (κ1) is 23.3. The molecule has 0 radical (unpaired) electrons. The van der Waals surface area contributed by atoms with Crippen molar-refractivity contribution in [2.75, 3.05) is 20.3 Å². The Morgan fingerprint density at radius 3 is 2.32 bits per heavy atom. The number of methoxy groups -OCH3 is 1. The summed E-state index contributed by atoms with van der Waals surface area (Å²) in [5, 5.41) is 2.64. The smallest absolute Gasteiger partial charge is 0.416 e. The third-order valence-electron chi connectivity index (χ3n) is 5.01. The van der Waals surface area contributed by atoms with Crippen molar-refractivity contribution in [2.24, 2.45) is 5.92 Å². The van der Waals surface area contributed by atoms with Crippen LogP contribution < -0.4 is 5.32 Å². The number of alkyl halides is 3. The van der Waals surface area contributed by atoms with Gasteiger partial charge < -0.3 is 24.3 Å². The average Bonchev–Trinajstić information content (AvgIpc) is 3.46. The van der Waals surface area contributed by atoms with Crippen LogP contribution in [0.4, 0.5) is 18.0 Å². The lowest BCUT2D eigenvalue weighted by Gasteiger charge is -2.31. The van der Waals surface area contributed by atoms with E-state index < -0.39 is 47.7 Å². The Labute approximate surface area is 178 Å². The maximum absolute atomic E-state index is 13.5. The second-order valence-electron chi connectivity index (χ2n) is 8.68. The van der Waals surface area contributed by atoms with Gasteiger partial charge in [0.15, 0.2) is 6.29 Å². The number of halogens is 3. The van der Waals surface area contributed by atoms with E-state index in [1.165, 1.54) is 13.2 Å². The number of hydrogen-bond acceptors (Lipinski definition) is 6. The third-order valence-corrected chi connectivity index (χ3v) is 5.01. The molecule has 1 aliphatic carbocycles. The van der Waals surface area contributed by atoms with E-state index in [2.05, 4.69) is 10.1 Å². The average molecular weight is 445 g/mol. The molecule has 1 aromatic rings. The Morgan fingerprint density at radius 1 is 1.13 bits per heavy atom. The van der Waals surface area contributed by atoms with Crippen molar-refractivity contribution in [3.63, 3.8) is 0 Å². The number of carbonyl (C=O) groups is 2. The number of ether oxygens (including phenoxy) is 4. The Kier molecular flexibility index (Phi) is 6.52. The normalized spacial score (nSPS) is 26.2.